The SMILES string of the molecule is COc1cc(OC)cc(-n2nc(C(=O)N3CCN(Cc4ccc5c(c4)OCO5)CC3)c3ccccc3c2=O)c1. The van der Waals surface area contributed by atoms with E-state index in [2.05, 4.69) is 10.00 Å². The molecule has 0 aliphatic carbocycles. The van der Waals surface area contributed by atoms with Gasteiger partial charge in [-0.2, -0.15) is 9.78 Å². The predicted molar refractivity (Wildman–Crippen MR) is 144 cm³/mol. The second kappa shape index (κ2) is 10.3. The molecule has 6 rings (SSSR count). The van der Waals surface area contributed by atoms with Gasteiger partial charge in [0.25, 0.3) is 11.5 Å². The lowest BCUT2D eigenvalue weighted by Gasteiger charge is -2.34. The first-order valence-electron chi connectivity index (χ1n) is 12.7. The third kappa shape index (κ3) is 4.74. The number of piperazine rings is 1. The van der Waals surface area contributed by atoms with E-state index in [0.717, 1.165) is 23.6 Å². The first-order valence-corrected chi connectivity index (χ1v) is 12.7. The van der Waals surface area contributed by atoms with E-state index in [9.17, 15) is 9.59 Å². The summed E-state index contributed by atoms with van der Waals surface area (Å²) in [5, 5.41) is 5.52. The number of nitrogens with zero attached hydrogens (tertiary/aromatic N) is 4. The minimum absolute atomic E-state index is 0.211. The van der Waals surface area contributed by atoms with Gasteiger partial charge in [0.1, 0.15) is 11.5 Å². The van der Waals surface area contributed by atoms with E-state index in [1.165, 1.54) is 18.9 Å². The second-order valence-electron chi connectivity index (χ2n) is 9.44. The van der Waals surface area contributed by atoms with Gasteiger partial charge in [0.05, 0.1) is 25.3 Å². The number of methoxy groups -OCH3 is 2. The van der Waals surface area contributed by atoms with Crippen LogP contribution in [0.1, 0.15) is 16.1 Å². The highest BCUT2D eigenvalue weighted by Gasteiger charge is 2.27. The number of aromatic nitrogens is 2. The van der Waals surface area contributed by atoms with Gasteiger partial charge in [0.15, 0.2) is 17.2 Å². The molecule has 0 radical (unpaired) electrons. The Hall–Kier alpha value is -4.57. The van der Waals surface area contributed by atoms with E-state index < -0.39 is 0 Å². The minimum atomic E-state index is -0.328. The molecule has 0 spiro atoms. The van der Waals surface area contributed by atoms with E-state index in [0.29, 0.717) is 54.1 Å². The fourth-order valence-corrected chi connectivity index (χ4v) is 4.99. The number of hydrogen-bond donors (Lipinski definition) is 0. The summed E-state index contributed by atoms with van der Waals surface area (Å²) in [6.45, 7) is 3.52. The number of benzene rings is 3. The van der Waals surface area contributed by atoms with Crippen LogP contribution in [0.15, 0.2) is 65.5 Å². The molecule has 4 aromatic rings. The van der Waals surface area contributed by atoms with Crippen molar-refractivity contribution in [1.82, 2.24) is 19.6 Å². The van der Waals surface area contributed by atoms with Crippen molar-refractivity contribution in [2.24, 2.45) is 0 Å². The molecule has 0 unspecified atom stereocenters. The number of carbonyl (C=O) groups is 1. The number of hydrogen-bond acceptors (Lipinski definition) is 8. The molecular formula is C29H28N4O6. The molecule has 2 aliphatic heterocycles. The van der Waals surface area contributed by atoms with Crippen LogP contribution < -0.4 is 24.5 Å². The summed E-state index contributed by atoms with van der Waals surface area (Å²) in [6, 6.07) is 18.1. The van der Waals surface area contributed by atoms with Crippen molar-refractivity contribution < 1.29 is 23.7 Å². The largest absolute Gasteiger partial charge is 0.497 e. The van der Waals surface area contributed by atoms with Gasteiger partial charge < -0.3 is 23.8 Å². The molecule has 0 saturated carbocycles. The van der Waals surface area contributed by atoms with Crippen LogP contribution in [0.3, 0.4) is 0 Å². The fourth-order valence-electron chi connectivity index (χ4n) is 4.99. The van der Waals surface area contributed by atoms with Crippen molar-refractivity contribution >= 4 is 16.7 Å². The van der Waals surface area contributed by atoms with E-state index in [-0.39, 0.29) is 24.0 Å². The molecule has 10 nitrogen and oxygen atoms in total. The van der Waals surface area contributed by atoms with Crippen molar-refractivity contribution in [3.8, 4) is 28.7 Å². The highest BCUT2D eigenvalue weighted by molar-refractivity contribution is 6.04. The van der Waals surface area contributed by atoms with Crippen LogP contribution in [0.25, 0.3) is 16.5 Å². The van der Waals surface area contributed by atoms with Crippen LogP contribution in [0, 0.1) is 0 Å². The Morgan fingerprint density at radius 2 is 1.56 bits per heavy atom. The Labute approximate surface area is 224 Å². The molecule has 1 amide bonds. The van der Waals surface area contributed by atoms with Crippen molar-refractivity contribution in [2.45, 2.75) is 6.54 Å². The third-order valence-electron chi connectivity index (χ3n) is 7.09. The quantitative estimate of drug-likeness (QED) is 0.377. The third-order valence-corrected chi connectivity index (χ3v) is 7.09. The van der Waals surface area contributed by atoms with Crippen LogP contribution in [0.4, 0.5) is 0 Å². The van der Waals surface area contributed by atoms with E-state index in [1.54, 1.807) is 41.3 Å². The average Bonchev–Trinajstić information content (AvgIpc) is 3.45. The van der Waals surface area contributed by atoms with Gasteiger partial charge in [-0.1, -0.05) is 24.3 Å². The van der Waals surface area contributed by atoms with E-state index in [1.807, 2.05) is 24.3 Å². The molecule has 1 fully saturated rings. The van der Waals surface area contributed by atoms with Gasteiger partial charge >= 0.3 is 0 Å². The lowest BCUT2D eigenvalue weighted by atomic mass is 10.1. The van der Waals surface area contributed by atoms with Gasteiger partial charge in [0.2, 0.25) is 6.79 Å². The van der Waals surface area contributed by atoms with Crippen molar-refractivity contribution in [2.75, 3.05) is 47.2 Å². The summed E-state index contributed by atoms with van der Waals surface area (Å²) >= 11 is 0. The number of amides is 1. The molecule has 0 atom stereocenters. The first-order chi connectivity index (χ1) is 19.0. The molecule has 3 aromatic carbocycles. The Morgan fingerprint density at radius 3 is 2.28 bits per heavy atom. The van der Waals surface area contributed by atoms with Crippen molar-refractivity contribution in [3.63, 3.8) is 0 Å². The Kier molecular flexibility index (Phi) is 6.54. The van der Waals surface area contributed by atoms with Gasteiger partial charge in [0, 0.05) is 56.3 Å². The molecule has 200 valence electrons. The lowest BCUT2D eigenvalue weighted by molar-refractivity contribution is 0.0623. The summed E-state index contributed by atoms with van der Waals surface area (Å²) in [7, 11) is 3.08. The standard InChI is InChI=1S/C29H28N4O6/c1-36-21-14-20(15-22(16-21)37-2)33-28(34)24-6-4-3-5-23(24)27(30-33)29(35)32-11-9-31(10-12-32)17-19-7-8-25-26(13-19)39-18-38-25/h3-8,13-16H,9-12,17-18H2,1-2H3. The normalized spacial score (nSPS) is 15.0. The molecule has 0 bridgehead atoms. The Bertz CT molecular complexity index is 1590. The summed E-state index contributed by atoms with van der Waals surface area (Å²) in [5.74, 6) is 2.35. The summed E-state index contributed by atoms with van der Waals surface area (Å²) in [5.41, 5.74) is 1.49. The first kappa shape index (κ1) is 24.7. The van der Waals surface area contributed by atoms with Crippen LogP contribution in [-0.2, 0) is 6.54 Å². The lowest BCUT2D eigenvalue weighted by Crippen LogP contribution is -2.48. The number of fused-ring (bicyclic) bond motifs is 2. The number of carbonyl (C=O) groups excluding carboxylic acids is 1. The summed E-state index contributed by atoms with van der Waals surface area (Å²) in [4.78, 5) is 31.3. The maximum Gasteiger partial charge on any atom is 0.279 e. The van der Waals surface area contributed by atoms with Gasteiger partial charge in [-0.15, -0.1) is 0 Å². The van der Waals surface area contributed by atoms with Gasteiger partial charge in [-0.3, -0.25) is 14.5 Å². The van der Waals surface area contributed by atoms with Crippen LogP contribution in [0.5, 0.6) is 23.0 Å². The van der Waals surface area contributed by atoms with E-state index >= 15 is 0 Å². The maximum absolute atomic E-state index is 13.8. The molecule has 2 aliphatic rings. The fraction of sp³-hybridized carbons (Fsp3) is 0.276. The smallest absolute Gasteiger partial charge is 0.279 e. The average molecular weight is 529 g/mol. The van der Waals surface area contributed by atoms with Crippen LogP contribution >= 0.6 is 0 Å². The Balaban J connectivity index is 1.26. The molecule has 1 saturated heterocycles. The van der Waals surface area contributed by atoms with Gasteiger partial charge in [-0.05, 0) is 23.8 Å². The molecule has 3 heterocycles. The van der Waals surface area contributed by atoms with E-state index in [4.69, 9.17) is 18.9 Å². The molecule has 39 heavy (non-hydrogen) atoms. The summed E-state index contributed by atoms with van der Waals surface area (Å²) < 4.78 is 22.9. The van der Waals surface area contributed by atoms with Crippen molar-refractivity contribution in [1.29, 1.82) is 0 Å². The second-order valence-corrected chi connectivity index (χ2v) is 9.44. The van der Waals surface area contributed by atoms with Crippen LogP contribution in [0.2, 0.25) is 0 Å². The van der Waals surface area contributed by atoms with Gasteiger partial charge in [-0.25, -0.2) is 0 Å². The Morgan fingerprint density at radius 1 is 0.872 bits per heavy atom. The number of ether oxygens (including phenoxy) is 4. The molecule has 0 N–H and O–H groups in total. The maximum atomic E-state index is 13.8. The topological polar surface area (TPSA) is 95.4 Å². The minimum Gasteiger partial charge on any atom is -0.497 e. The highest BCUT2D eigenvalue weighted by Crippen LogP contribution is 2.33. The molecular weight excluding hydrogens is 500 g/mol. The molecule has 10 heteroatoms. The van der Waals surface area contributed by atoms with Crippen LogP contribution in [-0.4, -0.2) is 72.7 Å². The summed E-state index contributed by atoms with van der Waals surface area (Å²) in [6.07, 6.45) is 0. The zero-order valence-corrected chi connectivity index (χ0v) is 21.8. The predicted octanol–water partition coefficient (Wildman–Crippen LogP) is 3.09. The highest BCUT2D eigenvalue weighted by atomic mass is 16.7. The zero-order chi connectivity index (χ0) is 26.9. The monoisotopic (exact) mass is 528 g/mol. The zero-order valence-electron chi connectivity index (χ0n) is 21.8. The molecule has 1 aromatic heterocycles. The number of rotatable bonds is 6. The van der Waals surface area contributed by atoms with Crippen molar-refractivity contribution in [3.05, 3.63) is 82.3 Å².